The number of hydrogen-bond donors (Lipinski definition) is 0. The number of para-hydroxylation sites is 1. The Hall–Kier alpha value is -3.71. The van der Waals surface area contributed by atoms with Gasteiger partial charge < -0.3 is 9.15 Å². The maximum Gasteiger partial charge on any atom is 0.374 e. The van der Waals surface area contributed by atoms with Gasteiger partial charge in [0.2, 0.25) is 5.76 Å². The molecule has 0 unspecified atom stereocenters. The zero-order valence-corrected chi connectivity index (χ0v) is 17.5. The molecule has 0 bridgehead atoms. The van der Waals surface area contributed by atoms with Crippen LogP contribution in [0.1, 0.15) is 23.0 Å². The molecule has 0 fully saturated rings. The van der Waals surface area contributed by atoms with E-state index in [0.717, 1.165) is 16.5 Å². The van der Waals surface area contributed by atoms with Gasteiger partial charge in [0.25, 0.3) is 5.56 Å². The average molecular weight is 430 g/mol. The Labute approximate surface area is 181 Å². The third-order valence-corrected chi connectivity index (χ3v) is 6.02. The molecule has 0 aliphatic rings. The standard InChI is InChI=1S/C24H18N2O4S/c1-2-29-24(28)21-17(16-10-6-7-11-19(16)30-21)12-26-14-25-22-20(23(26)27)18(13-31-22)15-8-4-3-5-9-15/h3-11,13-14H,2,12H2,1H3. The van der Waals surface area contributed by atoms with Gasteiger partial charge in [-0.25, -0.2) is 9.78 Å². The highest BCUT2D eigenvalue weighted by atomic mass is 32.1. The molecule has 5 aromatic rings. The van der Waals surface area contributed by atoms with Gasteiger partial charge in [0.15, 0.2) is 0 Å². The van der Waals surface area contributed by atoms with Gasteiger partial charge in [-0.15, -0.1) is 11.3 Å². The van der Waals surface area contributed by atoms with Crippen molar-refractivity contribution >= 4 is 38.5 Å². The van der Waals surface area contributed by atoms with Crippen LogP contribution in [0, 0.1) is 0 Å². The first-order valence-corrected chi connectivity index (χ1v) is 10.7. The molecule has 0 aliphatic carbocycles. The normalized spacial score (nSPS) is 11.3. The largest absolute Gasteiger partial charge is 0.460 e. The summed E-state index contributed by atoms with van der Waals surface area (Å²) in [6, 6.07) is 17.1. The van der Waals surface area contributed by atoms with Crippen molar-refractivity contribution in [2.24, 2.45) is 0 Å². The zero-order chi connectivity index (χ0) is 21.4. The third-order valence-electron chi connectivity index (χ3n) is 5.13. The van der Waals surface area contributed by atoms with Crippen molar-refractivity contribution in [2.75, 3.05) is 6.61 Å². The van der Waals surface area contributed by atoms with Crippen molar-refractivity contribution in [1.82, 2.24) is 9.55 Å². The predicted octanol–water partition coefficient (Wildman–Crippen LogP) is 5.10. The molecule has 0 amide bonds. The van der Waals surface area contributed by atoms with E-state index in [2.05, 4.69) is 4.98 Å². The molecular weight excluding hydrogens is 412 g/mol. The Balaban J connectivity index is 1.66. The van der Waals surface area contributed by atoms with Crippen molar-refractivity contribution in [2.45, 2.75) is 13.5 Å². The van der Waals surface area contributed by atoms with Gasteiger partial charge in [-0.05, 0) is 18.6 Å². The molecule has 5 rings (SSSR count). The molecule has 7 heteroatoms. The van der Waals surface area contributed by atoms with E-state index in [1.54, 1.807) is 13.0 Å². The summed E-state index contributed by atoms with van der Waals surface area (Å²) >= 11 is 1.44. The minimum atomic E-state index is -0.545. The van der Waals surface area contributed by atoms with Crippen LogP contribution < -0.4 is 5.56 Å². The van der Waals surface area contributed by atoms with Crippen molar-refractivity contribution in [1.29, 1.82) is 0 Å². The number of carbonyl (C=O) groups is 1. The summed E-state index contributed by atoms with van der Waals surface area (Å²) in [5, 5.41) is 3.30. The summed E-state index contributed by atoms with van der Waals surface area (Å²) in [5.74, 6) is -0.431. The minimum Gasteiger partial charge on any atom is -0.460 e. The van der Waals surface area contributed by atoms with E-state index < -0.39 is 5.97 Å². The van der Waals surface area contributed by atoms with E-state index in [4.69, 9.17) is 9.15 Å². The highest BCUT2D eigenvalue weighted by Gasteiger charge is 2.23. The summed E-state index contributed by atoms with van der Waals surface area (Å²) in [7, 11) is 0. The van der Waals surface area contributed by atoms with Crippen LogP contribution >= 0.6 is 11.3 Å². The summed E-state index contributed by atoms with van der Waals surface area (Å²) in [4.78, 5) is 31.1. The smallest absolute Gasteiger partial charge is 0.374 e. The molecule has 154 valence electrons. The highest BCUT2D eigenvalue weighted by molar-refractivity contribution is 7.17. The highest BCUT2D eigenvalue weighted by Crippen LogP contribution is 2.31. The van der Waals surface area contributed by atoms with Crippen molar-refractivity contribution in [3.05, 3.63) is 88.0 Å². The molecule has 2 aromatic carbocycles. The number of benzene rings is 2. The van der Waals surface area contributed by atoms with Crippen LogP contribution in [0.15, 0.2) is 75.5 Å². The number of ether oxygens (including phenoxy) is 1. The molecule has 0 radical (unpaired) electrons. The lowest BCUT2D eigenvalue weighted by Gasteiger charge is -2.07. The molecule has 0 spiro atoms. The van der Waals surface area contributed by atoms with Gasteiger partial charge in [0, 0.05) is 21.9 Å². The third kappa shape index (κ3) is 3.33. The number of aromatic nitrogens is 2. The molecule has 0 N–H and O–H groups in total. The van der Waals surface area contributed by atoms with Crippen molar-refractivity contribution in [3.63, 3.8) is 0 Å². The lowest BCUT2D eigenvalue weighted by molar-refractivity contribution is 0.0490. The van der Waals surface area contributed by atoms with E-state index >= 15 is 0 Å². The fourth-order valence-electron chi connectivity index (χ4n) is 3.70. The fourth-order valence-corrected chi connectivity index (χ4v) is 4.60. The zero-order valence-electron chi connectivity index (χ0n) is 16.7. The Morgan fingerprint density at radius 1 is 1.13 bits per heavy atom. The van der Waals surface area contributed by atoms with E-state index in [9.17, 15) is 9.59 Å². The number of hydrogen-bond acceptors (Lipinski definition) is 6. The SMILES string of the molecule is CCOC(=O)c1oc2ccccc2c1Cn1cnc2scc(-c3ccccc3)c2c1=O. The quantitative estimate of drug-likeness (QED) is 0.363. The van der Waals surface area contributed by atoms with Crippen LogP contribution in [0.4, 0.5) is 0 Å². The fraction of sp³-hybridized carbons (Fsp3) is 0.125. The molecule has 31 heavy (non-hydrogen) atoms. The van der Waals surface area contributed by atoms with Crippen molar-refractivity contribution in [3.8, 4) is 11.1 Å². The molecule has 3 aromatic heterocycles. The van der Waals surface area contributed by atoms with E-state index in [1.807, 2.05) is 53.9 Å². The summed E-state index contributed by atoms with van der Waals surface area (Å²) in [5.41, 5.74) is 2.84. The second-order valence-corrected chi connectivity index (χ2v) is 7.86. The number of fused-ring (bicyclic) bond motifs is 2. The second-order valence-electron chi connectivity index (χ2n) is 7.00. The van der Waals surface area contributed by atoms with E-state index in [-0.39, 0.29) is 24.5 Å². The first kappa shape index (κ1) is 19.3. The molecular formula is C24H18N2O4S. The van der Waals surface area contributed by atoms with Crippen molar-refractivity contribution < 1.29 is 13.9 Å². The summed E-state index contributed by atoms with van der Waals surface area (Å²) < 4.78 is 12.5. The van der Waals surface area contributed by atoms with Crippen LogP contribution in [0.5, 0.6) is 0 Å². The lowest BCUT2D eigenvalue weighted by Crippen LogP contribution is -2.22. The number of esters is 1. The number of carbonyl (C=O) groups excluding carboxylic acids is 1. The van der Waals surface area contributed by atoms with E-state index in [0.29, 0.717) is 21.4 Å². The lowest BCUT2D eigenvalue weighted by atomic mass is 10.1. The van der Waals surface area contributed by atoms with Gasteiger partial charge in [0.05, 0.1) is 24.9 Å². The molecule has 3 heterocycles. The number of thiophene rings is 1. The molecule has 0 saturated heterocycles. The maximum absolute atomic E-state index is 13.4. The summed E-state index contributed by atoms with van der Waals surface area (Å²) in [6.45, 7) is 2.12. The Kier molecular flexibility index (Phi) is 4.88. The number of furan rings is 1. The van der Waals surface area contributed by atoms with Crippen LogP contribution in [0.2, 0.25) is 0 Å². The molecule has 0 aliphatic heterocycles. The Morgan fingerprint density at radius 2 is 1.90 bits per heavy atom. The van der Waals surface area contributed by atoms with Gasteiger partial charge in [0.1, 0.15) is 10.4 Å². The maximum atomic E-state index is 13.4. The van der Waals surface area contributed by atoms with Crippen LogP contribution in [0.25, 0.3) is 32.3 Å². The predicted molar refractivity (Wildman–Crippen MR) is 121 cm³/mol. The van der Waals surface area contributed by atoms with Crippen LogP contribution in [-0.2, 0) is 11.3 Å². The second kappa shape index (κ2) is 7.85. The first-order valence-electron chi connectivity index (χ1n) is 9.87. The van der Waals surface area contributed by atoms with E-state index in [1.165, 1.54) is 22.2 Å². The minimum absolute atomic E-state index is 0.114. The Bertz CT molecular complexity index is 1460. The van der Waals surface area contributed by atoms with Crippen LogP contribution in [-0.4, -0.2) is 22.1 Å². The first-order chi connectivity index (χ1) is 15.2. The van der Waals surface area contributed by atoms with Gasteiger partial charge in [-0.3, -0.25) is 9.36 Å². The molecule has 6 nitrogen and oxygen atoms in total. The number of rotatable bonds is 5. The topological polar surface area (TPSA) is 74.3 Å². The van der Waals surface area contributed by atoms with Gasteiger partial charge in [-0.2, -0.15) is 0 Å². The molecule has 0 saturated carbocycles. The monoisotopic (exact) mass is 430 g/mol. The van der Waals surface area contributed by atoms with Crippen LogP contribution in [0.3, 0.4) is 0 Å². The number of nitrogens with zero attached hydrogens (tertiary/aromatic N) is 2. The Morgan fingerprint density at radius 3 is 2.71 bits per heavy atom. The molecule has 0 atom stereocenters. The van der Waals surface area contributed by atoms with Gasteiger partial charge >= 0.3 is 5.97 Å². The summed E-state index contributed by atoms with van der Waals surface area (Å²) in [6.07, 6.45) is 1.52. The van der Waals surface area contributed by atoms with Gasteiger partial charge in [-0.1, -0.05) is 48.5 Å². The average Bonchev–Trinajstić information content (AvgIpc) is 3.39.